The Morgan fingerprint density at radius 3 is 2.68 bits per heavy atom. The first kappa shape index (κ1) is 17.5. The molecule has 146 valence electrons. The summed E-state index contributed by atoms with van der Waals surface area (Å²) in [5.74, 6) is 3.21. The topological polar surface area (TPSA) is 69.7 Å². The lowest BCUT2D eigenvalue weighted by Gasteiger charge is -2.33. The Labute approximate surface area is 165 Å². The molecule has 6 nitrogen and oxygen atoms in total. The van der Waals surface area contributed by atoms with E-state index in [4.69, 9.17) is 9.97 Å². The summed E-state index contributed by atoms with van der Waals surface area (Å²) in [7, 11) is 0. The molecule has 0 unspecified atom stereocenters. The van der Waals surface area contributed by atoms with Crippen LogP contribution in [-0.2, 0) is 0 Å². The molecule has 2 aromatic heterocycles. The number of rotatable bonds is 6. The highest BCUT2D eigenvalue weighted by atomic mass is 15.3. The highest BCUT2D eigenvalue weighted by molar-refractivity contribution is 5.91. The summed E-state index contributed by atoms with van der Waals surface area (Å²) in [6, 6.07) is 10.9. The normalized spacial score (nSPS) is 17.8. The number of para-hydroxylation sites is 1. The van der Waals surface area contributed by atoms with Crippen molar-refractivity contribution < 1.29 is 0 Å². The van der Waals surface area contributed by atoms with E-state index in [2.05, 4.69) is 45.5 Å². The third-order valence-corrected chi connectivity index (χ3v) is 6.05. The zero-order valence-electron chi connectivity index (χ0n) is 16.5. The third-order valence-electron chi connectivity index (χ3n) is 6.05. The Balaban J connectivity index is 1.51. The van der Waals surface area contributed by atoms with Crippen LogP contribution in [0.5, 0.6) is 0 Å². The average Bonchev–Trinajstić information content (AvgIpc) is 3.49. The smallest absolute Gasteiger partial charge is 0.228 e. The van der Waals surface area contributed by atoms with Crippen molar-refractivity contribution in [3.8, 4) is 0 Å². The number of aromatic amines is 1. The van der Waals surface area contributed by atoms with Crippen LogP contribution in [0.4, 0.5) is 17.6 Å². The molecule has 0 atom stereocenters. The van der Waals surface area contributed by atoms with Gasteiger partial charge in [-0.25, -0.2) is 4.98 Å². The molecule has 6 heteroatoms. The Morgan fingerprint density at radius 1 is 1.07 bits per heavy atom. The Morgan fingerprint density at radius 2 is 1.89 bits per heavy atom. The van der Waals surface area contributed by atoms with Crippen LogP contribution in [0, 0.1) is 0 Å². The van der Waals surface area contributed by atoms with E-state index in [1.807, 2.05) is 12.1 Å². The fraction of sp³-hybridized carbons (Fsp3) is 0.500. The van der Waals surface area contributed by atoms with E-state index in [0.717, 1.165) is 40.7 Å². The van der Waals surface area contributed by atoms with Gasteiger partial charge in [0.05, 0.1) is 11.2 Å². The molecule has 2 aliphatic rings. The van der Waals surface area contributed by atoms with Crippen molar-refractivity contribution >= 4 is 28.5 Å². The van der Waals surface area contributed by atoms with Crippen molar-refractivity contribution in [3.63, 3.8) is 0 Å². The van der Waals surface area contributed by atoms with Gasteiger partial charge < -0.3 is 10.2 Å². The summed E-state index contributed by atoms with van der Waals surface area (Å²) in [5.41, 5.74) is 2.13. The van der Waals surface area contributed by atoms with Crippen LogP contribution in [0.2, 0.25) is 0 Å². The third kappa shape index (κ3) is 3.43. The zero-order chi connectivity index (χ0) is 18.9. The average molecular weight is 377 g/mol. The van der Waals surface area contributed by atoms with Crippen LogP contribution in [0.3, 0.4) is 0 Å². The minimum atomic E-state index is 0.543. The van der Waals surface area contributed by atoms with Gasteiger partial charge in [0, 0.05) is 30.0 Å². The second kappa shape index (κ2) is 7.41. The molecule has 2 N–H and O–H groups in total. The zero-order valence-corrected chi connectivity index (χ0v) is 16.5. The minimum absolute atomic E-state index is 0.543. The Bertz CT molecular complexity index is 955. The summed E-state index contributed by atoms with van der Waals surface area (Å²) in [6.45, 7) is 3.13. The molecule has 0 spiro atoms. The molecule has 0 radical (unpaired) electrons. The molecule has 0 aliphatic heterocycles. The number of H-pyrrole nitrogens is 1. The van der Waals surface area contributed by atoms with E-state index in [1.165, 1.54) is 44.9 Å². The van der Waals surface area contributed by atoms with E-state index in [9.17, 15) is 0 Å². The molecule has 0 saturated heterocycles. The fourth-order valence-corrected chi connectivity index (χ4v) is 4.36. The van der Waals surface area contributed by atoms with Gasteiger partial charge in [-0.2, -0.15) is 10.1 Å². The predicted octanol–water partition coefficient (Wildman–Crippen LogP) is 5.13. The van der Waals surface area contributed by atoms with Crippen LogP contribution >= 0.6 is 0 Å². The van der Waals surface area contributed by atoms with Crippen molar-refractivity contribution in [1.29, 1.82) is 0 Å². The number of hydrogen-bond donors (Lipinski definition) is 2. The van der Waals surface area contributed by atoms with Gasteiger partial charge in [-0.3, -0.25) is 5.10 Å². The second-order valence-corrected chi connectivity index (χ2v) is 8.07. The summed E-state index contributed by atoms with van der Waals surface area (Å²) >= 11 is 0. The first-order chi connectivity index (χ1) is 13.8. The first-order valence-corrected chi connectivity index (χ1v) is 10.7. The van der Waals surface area contributed by atoms with Crippen LogP contribution in [-0.4, -0.2) is 32.8 Å². The van der Waals surface area contributed by atoms with Gasteiger partial charge >= 0.3 is 0 Å². The number of fused-ring (bicyclic) bond motifs is 1. The SMILES string of the molecule is CCN(c1nc(Nc2cc(C3CC3)n[nH]2)c2ccccc2n1)C1CCCCC1. The van der Waals surface area contributed by atoms with Gasteiger partial charge in [0.15, 0.2) is 0 Å². The van der Waals surface area contributed by atoms with Gasteiger partial charge in [0.2, 0.25) is 5.95 Å². The number of nitrogens with one attached hydrogen (secondary N) is 2. The van der Waals surface area contributed by atoms with E-state index < -0.39 is 0 Å². The van der Waals surface area contributed by atoms with Crippen molar-refractivity contribution in [1.82, 2.24) is 20.2 Å². The van der Waals surface area contributed by atoms with E-state index in [-0.39, 0.29) is 0 Å². The molecule has 2 saturated carbocycles. The van der Waals surface area contributed by atoms with Gasteiger partial charge in [0.1, 0.15) is 11.6 Å². The fourth-order valence-electron chi connectivity index (χ4n) is 4.36. The second-order valence-electron chi connectivity index (χ2n) is 8.07. The molecule has 5 rings (SSSR count). The molecule has 2 heterocycles. The molecule has 28 heavy (non-hydrogen) atoms. The first-order valence-electron chi connectivity index (χ1n) is 10.7. The van der Waals surface area contributed by atoms with E-state index in [1.54, 1.807) is 0 Å². The number of aromatic nitrogens is 4. The van der Waals surface area contributed by atoms with Gasteiger partial charge in [-0.15, -0.1) is 0 Å². The molecular weight excluding hydrogens is 348 g/mol. The van der Waals surface area contributed by atoms with Crippen molar-refractivity contribution in [2.45, 2.75) is 63.8 Å². The molecule has 2 fully saturated rings. The maximum atomic E-state index is 4.97. The summed E-state index contributed by atoms with van der Waals surface area (Å²) < 4.78 is 0. The lowest BCUT2D eigenvalue weighted by molar-refractivity contribution is 0.414. The molecule has 0 amide bonds. The quantitative estimate of drug-likeness (QED) is 0.624. The molecule has 2 aliphatic carbocycles. The maximum Gasteiger partial charge on any atom is 0.228 e. The van der Waals surface area contributed by atoms with Gasteiger partial charge in [0.25, 0.3) is 0 Å². The van der Waals surface area contributed by atoms with Crippen molar-refractivity contribution in [2.75, 3.05) is 16.8 Å². The highest BCUT2D eigenvalue weighted by Gasteiger charge is 2.26. The van der Waals surface area contributed by atoms with Crippen LogP contribution in [0.1, 0.15) is 63.5 Å². The minimum Gasteiger partial charge on any atom is -0.338 e. The number of anilines is 3. The lowest BCUT2D eigenvalue weighted by atomic mass is 9.94. The highest BCUT2D eigenvalue weighted by Crippen LogP contribution is 2.40. The van der Waals surface area contributed by atoms with Crippen LogP contribution in [0.15, 0.2) is 30.3 Å². The maximum absolute atomic E-state index is 4.97. The van der Waals surface area contributed by atoms with Crippen molar-refractivity contribution in [3.05, 3.63) is 36.0 Å². The van der Waals surface area contributed by atoms with Crippen LogP contribution in [0.25, 0.3) is 10.9 Å². The molecule has 3 aromatic rings. The monoisotopic (exact) mass is 376 g/mol. The van der Waals surface area contributed by atoms with Gasteiger partial charge in [-0.05, 0) is 44.7 Å². The van der Waals surface area contributed by atoms with Crippen molar-refractivity contribution in [2.24, 2.45) is 0 Å². The van der Waals surface area contributed by atoms with Gasteiger partial charge in [-0.1, -0.05) is 31.4 Å². The van der Waals surface area contributed by atoms with E-state index >= 15 is 0 Å². The number of hydrogen-bond acceptors (Lipinski definition) is 5. The summed E-state index contributed by atoms with van der Waals surface area (Å²) in [4.78, 5) is 12.3. The van der Waals surface area contributed by atoms with Crippen LogP contribution < -0.4 is 10.2 Å². The largest absolute Gasteiger partial charge is 0.338 e. The summed E-state index contributed by atoms with van der Waals surface area (Å²) in [6.07, 6.45) is 8.92. The molecule has 0 bridgehead atoms. The Kier molecular flexibility index (Phi) is 4.63. The summed E-state index contributed by atoms with van der Waals surface area (Å²) in [5, 5.41) is 12.1. The molecule has 1 aromatic carbocycles. The van der Waals surface area contributed by atoms with E-state index in [0.29, 0.717) is 12.0 Å². The number of nitrogens with zero attached hydrogens (tertiary/aromatic N) is 4. The number of benzene rings is 1. The Hall–Kier alpha value is -2.63. The predicted molar refractivity (Wildman–Crippen MR) is 113 cm³/mol. The standard InChI is InChI=1S/C22H28N6/c1-2-28(16-8-4-3-5-9-16)22-23-18-11-7-6-10-17(18)21(25-22)24-20-14-19(26-27-20)15-12-13-15/h6-7,10-11,14-16H,2-5,8-9,12-13H2,1H3,(H2,23,24,25,26,27). The molecular formula is C22H28N6. The lowest BCUT2D eigenvalue weighted by Crippen LogP contribution is -2.38.